The van der Waals surface area contributed by atoms with Crippen LogP contribution in [0.1, 0.15) is 10.4 Å². The van der Waals surface area contributed by atoms with Crippen LogP contribution in [-0.4, -0.2) is 19.1 Å². The summed E-state index contributed by atoms with van der Waals surface area (Å²) in [5, 5.41) is 2.57. The second-order valence-corrected chi connectivity index (χ2v) is 4.71. The second kappa shape index (κ2) is 6.95. The fourth-order valence-corrected chi connectivity index (χ4v) is 1.86. The quantitative estimate of drug-likeness (QED) is 0.659. The Labute approximate surface area is 126 Å². The summed E-state index contributed by atoms with van der Waals surface area (Å²) in [5.41, 5.74) is 6.53. The summed E-state index contributed by atoms with van der Waals surface area (Å²) in [4.78, 5) is 11.8. The molecular weight excluding hydrogens is 295 g/mol. The number of hydrogen-bond donors (Lipinski definition) is 2. The van der Waals surface area contributed by atoms with Gasteiger partial charge in [0.1, 0.15) is 18.2 Å². The molecule has 21 heavy (non-hydrogen) atoms. The summed E-state index contributed by atoms with van der Waals surface area (Å²) < 4.78 is 18.4. The van der Waals surface area contributed by atoms with E-state index in [0.717, 1.165) is 6.07 Å². The summed E-state index contributed by atoms with van der Waals surface area (Å²) in [5.74, 6) is -0.264. The Morgan fingerprint density at radius 1 is 1.29 bits per heavy atom. The number of ether oxygens (including phenoxy) is 1. The van der Waals surface area contributed by atoms with E-state index in [1.54, 1.807) is 24.3 Å². The van der Waals surface area contributed by atoms with E-state index < -0.39 is 5.82 Å². The number of carbonyl (C=O) groups excluding carboxylic acids is 1. The van der Waals surface area contributed by atoms with Crippen LogP contribution in [0, 0.1) is 5.82 Å². The van der Waals surface area contributed by atoms with Gasteiger partial charge in [-0.15, -0.1) is 0 Å². The highest BCUT2D eigenvalue weighted by molar-refractivity contribution is 6.31. The van der Waals surface area contributed by atoms with Crippen molar-refractivity contribution >= 4 is 23.2 Å². The average molecular weight is 309 g/mol. The van der Waals surface area contributed by atoms with Crippen LogP contribution in [0.3, 0.4) is 0 Å². The van der Waals surface area contributed by atoms with Crippen molar-refractivity contribution in [2.24, 2.45) is 0 Å². The molecule has 0 fully saturated rings. The minimum Gasteiger partial charge on any atom is -0.492 e. The number of hydrogen-bond acceptors (Lipinski definition) is 3. The standard InChI is InChI=1S/C15H14ClFN2O2/c16-13-8-10(4-5-14(13)17)15(20)19-6-7-21-12-3-1-2-11(18)9-12/h1-5,8-9H,6-7,18H2,(H,19,20). The molecule has 0 unspecified atom stereocenters. The van der Waals surface area contributed by atoms with Gasteiger partial charge >= 0.3 is 0 Å². The van der Waals surface area contributed by atoms with Crippen LogP contribution < -0.4 is 15.8 Å². The molecule has 4 nitrogen and oxygen atoms in total. The van der Waals surface area contributed by atoms with E-state index in [1.165, 1.54) is 12.1 Å². The van der Waals surface area contributed by atoms with Gasteiger partial charge in [0, 0.05) is 17.3 Å². The molecule has 2 rings (SSSR count). The zero-order valence-electron chi connectivity index (χ0n) is 11.1. The molecule has 0 saturated carbocycles. The molecule has 2 aromatic carbocycles. The third-order valence-corrected chi connectivity index (χ3v) is 2.99. The lowest BCUT2D eigenvalue weighted by molar-refractivity contribution is 0.0947. The van der Waals surface area contributed by atoms with E-state index in [9.17, 15) is 9.18 Å². The number of nitrogen functional groups attached to an aromatic ring is 1. The number of halogens is 2. The number of rotatable bonds is 5. The van der Waals surface area contributed by atoms with Crippen LogP contribution >= 0.6 is 11.6 Å². The highest BCUT2D eigenvalue weighted by Gasteiger charge is 2.08. The van der Waals surface area contributed by atoms with E-state index in [0.29, 0.717) is 30.2 Å². The second-order valence-electron chi connectivity index (χ2n) is 4.31. The van der Waals surface area contributed by atoms with Gasteiger partial charge in [0.05, 0.1) is 11.6 Å². The first-order valence-corrected chi connectivity index (χ1v) is 6.65. The first-order chi connectivity index (χ1) is 10.1. The molecule has 0 radical (unpaired) electrons. The third-order valence-electron chi connectivity index (χ3n) is 2.70. The van der Waals surface area contributed by atoms with Gasteiger partial charge in [-0.3, -0.25) is 4.79 Å². The molecule has 0 bridgehead atoms. The van der Waals surface area contributed by atoms with Gasteiger partial charge in [-0.05, 0) is 30.3 Å². The summed E-state index contributed by atoms with van der Waals surface area (Å²) in [6, 6.07) is 10.8. The van der Waals surface area contributed by atoms with Crippen LogP contribution in [-0.2, 0) is 0 Å². The molecule has 0 aliphatic heterocycles. The molecule has 0 heterocycles. The Morgan fingerprint density at radius 2 is 2.10 bits per heavy atom. The van der Waals surface area contributed by atoms with Crippen LogP contribution in [0.25, 0.3) is 0 Å². The van der Waals surface area contributed by atoms with Crippen molar-refractivity contribution in [3.63, 3.8) is 0 Å². The van der Waals surface area contributed by atoms with Crippen LogP contribution in [0.2, 0.25) is 5.02 Å². The average Bonchev–Trinajstić information content (AvgIpc) is 2.46. The Morgan fingerprint density at radius 3 is 2.81 bits per heavy atom. The summed E-state index contributed by atoms with van der Waals surface area (Å²) in [6.45, 7) is 0.604. The molecule has 6 heteroatoms. The number of anilines is 1. The molecule has 0 spiro atoms. The van der Waals surface area contributed by atoms with Gasteiger partial charge in [-0.2, -0.15) is 0 Å². The Balaban J connectivity index is 1.80. The molecule has 1 amide bonds. The van der Waals surface area contributed by atoms with Crippen molar-refractivity contribution < 1.29 is 13.9 Å². The number of carbonyl (C=O) groups is 1. The maximum atomic E-state index is 13.0. The first-order valence-electron chi connectivity index (χ1n) is 6.28. The Kier molecular flexibility index (Phi) is 5.00. The topological polar surface area (TPSA) is 64.3 Å². The lowest BCUT2D eigenvalue weighted by Crippen LogP contribution is -2.28. The fourth-order valence-electron chi connectivity index (χ4n) is 1.68. The predicted molar refractivity (Wildman–Crippen MR) is 80.1 cm³/mol. The number of benzene rings is 2. The van der Waals surface area contributed by atoms with E-state index >= 15 is 0 Å². The minimum absolute atomic E-state index is 0.0846. The summed E-state index contributed by atoms with van der Waals surface area (Å²) in [6.07, 6.45) is 0. The van der Waals surface area contributed by atoms with Crippen LogP contribution in [0.15, 0.2) is 42.5 Å². The fraction of sp³-hybridized carbons (Fsp3) is 0.133. The van der Waals surface area contributed by atoms with Gasteiger partial charge in [0.2, 0.25) is 0 Å². The molecule has 3 N–H and O–H groups in total. The first kappa shape index (κ1) is 15.1. The number of nitrogens with two attached hydrogens (primary N) is 1. The van der Waals surface area contributed by atoms with Crippen LogP contribution in [0.4, 0.5) is 10.1 Å². The SMILES string of the molecule is Nc1cccc(OCCNC(=O)c2ccc(F)c(Cl)c2)c1. The Bertz CT molecular complexity index is 649. The van der Waals surface area contributed by atoms with Gasteiger partial charge < -0.3 is 15.8 Å². The maximum Gasteiger partial charge on any atom is 0.251 e. The van der Waals surface area contributed by atoms with Crippen molar-refractivity contribution in [2.45, 2.75) is 0 Å². The van der Waals surface area contributed by atoms with Gasteiger partial charge in [-0.25, -0.2) is 4.39 Å². The molecule has 0 atom stereocenters. The van der Waals surface area contributed by atoms with Crippen molar-refractivity contribution in [3.05, 3.63) is 58.9 Å². The molecule has 0 aromatic heterocycles. The molecule has 2 aromatic rings. The van der Waals surface area contributed by atoms with Gasteiger partial charge in [-0.1, -0.05) is 17.7 Å². The third kappa shape index (κ3) is 4.36. The van der Waals surface area contributed by atoms with Gasteiger partial charge in [0.25, 0.3) is 5.91 Å². The lowest BCUT2D eigenvalue weighted by atomic mass is 10.2. The number of nitrogens with one attached hydrogen (secondary N) is 1. The van der Waals surface area contributed by atoms with Crippen molar-refractivity contribution in [2.75, 3.05) is 18.9 Å². The van der Waals surface area contributed by atoms with Crippen molar-refractivity contribution in [1.29, 1.82) is 0 Å². The van der Waals surface area contributed by atoms with E-state index in [1.807, 2.05) is 0 Å². The van der Waals surface area contributed by atoms with E-state index in [4.69, 9.17) is 22.1 Å². The van der Waals surface area contributed by atoms with Gasteiger partial charge in [0.15, 0.2) is 0 Å². The predicted octanol–water partition coefficient (Wildman–Crippen LogP) is 2.87. The highest BCUT2D eigenvalue weighted by atomic mass is 35.5. The van der Waals surface area contributed by atoms with Crippen LogP contribution in [0.5, 0.6) is 5.75 Å². The number of amides is 1. The molecule has 0 saturated heterocycles. The molecule has 0 aliphatic carbocycles. The Hall–Kier alpha value is -2.27. The largest absolute Gasteiger partial charge is 0.492 e. The van der Waals surface area contributed by atoms with Crippen molar-refractivity contribution in [1.82, 2.24) is 5.32 Å². The molecule has 110 valence electrons. The normalized spacial score (nSPS) is 10.2. The zero-order chi connectivity index (χ0) is 15.2. The minimum atomic E-state index is -0.557. The lowest BCUT2D eigenvalue weighted by Gasteiger charge is -2.08. The van der Waals surface area contributed by atoms with E-state index in [-0.39, 0.29) is 10.9 Å². The highest BCUT2D eigenvalue weighted by Crippen LogP contribution is 2.16. The molecular formula is C15H14ClFN2O2. The monoisotopic (exact) mass is 308 g/mol. The molecule has 0 aliphatic rings. The zero-order valence-corrected chi connectivity index (χ0v) is 11.9. The summed E-state index contributed by atoms with van der Waals surface area (Å²) >= 11 is 5.62. The van der Waals surface area contributed by atoms with Crippen molar-refractivity contribution in [3.8, 4) is 5.75 Å². The smallest absolute Gasteiger partial charge is 0.251 e. The maximum absolute atomic E-state index is 13.0. The van der Waals surface area contributed by atoms with E-state index in [2.05, 4.69) is 5.32 Å². The summed E-state index contributed by atoms with van der Waals surface area (Å²) in [7, 11) is 0.